The smallest absolute Gasteiger partial charge is 0.336 e. The molecule has 1 aromatic heterocycles. The van der Waals surface area contributed by atoms with Gasteiger partial charge in [0, 0.05) is 25.5 Å². The van der Waals surface area contributed by atoms with Crippen LogP contribution in [0, 0.1) is 0 Å². The van der Waals surface area contributed by atoms with Crippen molar-refractivity contribution in [2.45, 2.75) is 10.9 Å². The fourth-order valence-electron chi connectivity index (χ4n) is 2.61. The third kappa shape index (κ3) is 4.07. The lowest BCUT2D eigenvalue weighted by Gasteiger charge is -2.22. The lowest BCUT2D eigenvalue weighted by Crippen LogP contribution is -2.39. The molecule has 140 valence electrons. The van der Waals surface area contributed by atoms with Gasteiger partial charge in [-0.15, -0.1) is 0 Å². The Kier molecular flexibility index (Phi) is 5.11. The van der Waals surface area contributed by atoms with E-state index in [4.69, 9.17) is 4.42 Å². The average molecular weight is 386 g/mol. The number of nitrogens with zero attached hydrogens (tertiary/aromatic N) is 1. The highest BCUT2D eigenvalue weighted by atomic mass is 32.2. The van der Waals surface area contributed by atoms with Crippen LogP contribution in [0.2, 0.25) is 0 Å². The van der Waals surface area contributed by atoms with E-state index in [2.05, 4.69) is 4.72 Å². The van der Waals surface area contributed by atoms with Crippen LogP contribution in [0.3, 0.4) is 0 Å². The molecule has 0 aliphatic rings. The molecule has 0 fully saturated rings. The van der Waals surface area contributed by atoms with Crippen molar-refractivity contribution in [2.75, 3.05) is 14.1 Å². The number of sulfonamides is 1. The molecule has 1 heterocycles. The topological polar surface area (TPSA) is 96.7 Å². The summed E-state index contributed by atoms with van der Waals surface area (Å²) in [5.41, 5.74) is 0.300. The van der Waals surface area contributed by atoms with Gasteiger partial charge in [-0.2, -0.15) is 4.72 Å². The first kappa shape index (κ1) is 18.8. The van der Waals surface area contributed by atoms with E-state index in [1.165, 1.54) is 35.2 Å². The molecule has 7 nitrogen and oxygen atoms in total. The first-order chi connectivity index (χ1) is 12.8. The number of amides is 1. The third-order valence-electron chi connectivity index (χ3n) is 3.99. The number of rotatable bonds is 5. The van der Waals surface area contributed by atoms with Crippen LogP contribution in [0.25, 0.3) is 11.0 Å². The van der Waals surface area contributed by atoms with E-state index in [0.29, 0.717) is 10.9 Å². The van der Waals surface area contributed by atoms with Gasteiger partial charge in [-0.3, -0.25) is 4.79 Å². The maximum Gasteiger partial charge on any atom is 0.336 e. The highest BCUT2D eigenvalue weighted by molar-refractivity contribution is 7.89. The van der Waals surface area contributed by atoms with Crippen molar-refractivity contribution in [3.8, 4) is 0 Å². The Balaban J connectivity index is 2.01. The number of carbonyl (C=O) groups excluding carboxylic acids is 1. The van der Waals surface area contributed by atoms with E-state index in [9.17, 15) is 18.0 Å². The van der Waals surface area contributed by atoms with Gasteiger partial charge < -0.3 is 9.32 Å². The maximum absolute atomic E-state index is 12.9. The highest BCUT2D eigenvalue weighted by Gasteiger charge is 2.28. The van der Waals surface area contributed by atoms with Crippen molar-refractivity contribution in [2.24, 2.45) is 0 Å². The molecule has 1 amide bonds. The highest BCUT2D eigenvalue weighted by Crippen LogP contribution is 2.22. The van der Waals surface area contributed by atoms with Gasteiger partial charge >= 0.3 is 5.63 Å². The Morgan fingerprint density at radius 2 is 1.74 bits per heavy atom. The standard InChI is InChI=1S/C19H18N2O5S/c1-21(2)19(23)18(13-6-4-3-5-7-13)20-27(24,25)15-9-10-16-14(12-15)8-11-17(22)26-16/h3-12,18,20H,1-2H3. The summed E-state index contributed by atoms with van der Waals surface area (Å²) >= 11 is 0. The van der Waals surface area contributed by atoms with E-state index in [1.807, 2.05) is 0 Å². The number of hydrogen-bond acceptors (Lipinski definition) is 5. The number of hydrogen-bond donors (Lipinski definition) is 1. The van der Waals surface area contributed by atoms with Crippen LogP contribution in [0.15, 0.2) is 74.8 Å². The van der Waals surface area contributed by atoms with Crippen molar-refractivity contribution in [1.29, 1.82) is 0 Å². The molecule has 0 aliphatic heterocycles. The number of nitrogens with one attached hydrogen (secondary N) is 1. The summed E-state index contributed by atoms with van der Waals surface area (Å²) in [4.78, 5) is 25.1. The molecule has 0 saturated heterocycles. The summed E-state index contributed by atoms with van der Waals surface area (Å²) in [5.74, 6) is -0.392. The second kappa shape index (κ2) is 7.34. The molecule has 27 heavy (non-hydrogen) atoms. The van der Waals surface area contributed by atoms with Gasteiger partial charge in [0.05, 0.1) is 4.90 Å². The van der Waals surface area contributed by atoms with Crippen molar-refractivity contribution in [3.05, 3.63) is 76.6 Å². The molecule has 1 atom stereocenters. The molecule has 0 spiro atoms. The molecule has 3 rings (SSSR count). The van der Waals surface area contributed by atoms with Crippen LogP contribution in [0.1, 0.15) is 11.6 Å². The lowest BCUT2D eigenvalue weighted by molar-refractivity contribution is -0.130. The molecule has 0 radical (unpaired) electrons. The van der Waals surface area contributed by atoms with Crippen molar-refractivity contribution >= 4 is 26.9 Å². The minimum absolute atomic E-state index is 0.0312. The average Bonchev–Trinajstić information content (AvgIpc) is 2.65. The molecule has 0 bridgehead atoms. The number of likely N-dealkylation sites (N-methyl/N-ethyl adjacent to an activating group) is 1. The Morgan fingerprint density at radius 3 is 2.41 bits per heavy atom. The van der Waals surface area contributed by atoms with Crippen molar-refractivity contribution < 1.29 is 17.6 Å². The van der Waals surface area contributed by atoms with Gasteiger partial charge in [0.2, 0.25) is 15.9 Å². The summed E-state index contributed by atoms with van der Waals surface area (Å²) in [6.07, 6.45) is 0. The predicted molar refractivity (Wildman–Crippen MR) is 101 cm³/mol. The summed E-state index contributed by atoms with van der Waals surface area (Å²) < 4.78 is 33.2. The Labute approximate surface area is 156 Å². The van der Waals surface area contributed by atoms with Gasteiger partial charge in [0.1, 0.15) is 11.6 Å². The summed E-state index contributed by atoms with van der Waals surface area (Å²) in [6.45, 7) is 0. The zero-order valence-corrected chi connectivity index (χ0v) is 15.6. The maximum atomic E-state index is 12.9. The Bertz CT molecular complexity index is 1140. The van der Waals surface area contributed by atoms with E-state index in [0.717, 1.165) is 0 Å². The van der Waals surface area contributed by atoms with Crippen molar-refractivity contribution in [3.63, 3.8) is 0 Å². The Morgan fingerprint density at radius 1 is 1.04 bits per heavy atom. The minimum atomic E-state index is -4.01. The van der Waals surface area contributed by atoms with Crippen LogP contribution in [0.5, 0.6) is 0 Å². The zero-order valence-electron chi connectivity index (χ0n) is 14.7. The summed E-state index contributed by atoms with van der Waals surface area (Å²) in [7, 11) is -0.885. The molecule has 2 aromatic carbocycles. The molecule has 8 heteroatoms. The summed E-state index contributed by atoms with van der Waals surface area (Å²) in [5, 5.41) is 0.465. The first-order valence-electron chi connectivity index (χ1n) is 8.10. The van der Waals surface area contributed by atoms with E-state index < -0.39 is 27.6 Å². The molecular weight excluding hydrogens is 368 g/mol. The quantitative estimate of drug-likeness (QED) is 0.676. The molecule has 1 unspecified atom stereocenters. The SMILES string of the molecule is CN(C)C(=O)C(NS(=O)(=O)c1ccc2oc(=O)ccc2c1)c1ccccc1. The Hall–Kier alpha value is -2.97. The molecule has 1 N–H and O–H groups in total. The van der Waals surface area contributed by atoms with Crippen molar-refractivity contribution in [1.82, 2.24) is 9.62 Å². The van der Waals surface area contributed by atoms with Gasteiger partial charge in [0.25, 0.3) is 0 Å². The lowest BCUT2D eigenvalue weighted by atomic mass is 10.1. The normalized spacial score (nSPS) is 12.7. The zero-order chi connectivity index (χ0) is 19.6. The molecular formula is C19H18N2O5S. The molecule has 3 aromatic rings. The fraction of sp³-hybridized carbons (Fsp3) is 0.158. The molecule has 0 aliphatic carbocycles. The fourth-order valence-corrected chi connectivity index (χ4v) is 3.82. The van der Waals surface area contributed by atoms with Gasteiger partial charge in [-0.05, 0) is 29.8 Å². The largest absolute Gasteiger partial charge is 0.423 e. The predicted octanol–water partition coefficient (Wildman–Crippen LogP) is 1.90. The van der Waals surface area contributed by atoms with Crippen LogP contribution in [-0.4, -0.2) is 33.3 Å². The van der Waals surface area contributed by atoms with E-state index in [-0.39, 0.29) is 10.5 Å². The second-order valence-electron chi connectivity index (χ2n) is 6.15. The van der Waals surface area contributed by atoms with Gasteiger partial charge in [-0.25, -0.2) is 13.2 Å². The van der Waals surface area contributed by atoms with E-state index in [1.54, 1.807) is 44.4 Å². The van der Waals surface area contributed by atoms with E-state index >= 15 is 0 Å². The first-order valence-corrected chi connectivity index (χ1v) is 9.58. The summed E-state index contributed by atoms with van der Waals surface area (Å²) in [6, 6.07) is 14.4. The monoisotopic (exact) mass is 386 g/mol. The third-order valence-corrected chi connectivity index (χ3v) is 5.42. The van der Waals surface area contributed by atoms with Crippen LogP contribution in [-0.2, 0) is 14.8 Å². The number of benzene rings is 2. The van der Waals surface area contributed by atoms with Gasteiger partial charge in [0.15, 0.2) is 0 Å². The number of carbonyl (C=O) groups is 1. The molecule has 0 saturated carbocycles. The second-order valence-corrected chi connectivity index (χ2v) is 7.87. The van der Waals surface area contributed by atoms with Crippen LogP contribution < -0.4 is 10.3 Å². The minimum Gasteiger partial charge on any atom is -0.423 e. The van der Waals surface area contributed by atoms with Crippen LogP contribution >= 0.6 is 0 Å². The number of fused-ring (bicyclic) bond motifs is 1. The van der Waals surface area contributed by atoms with Gasteiger partial charge in [-0.1, -0.05) is 30.3 Å². The van der Waals surface area contributed by atoms with Crippen LogP contribution in [0.4, 0.5) is 0 Å².